The minimum absolute atomic E-state index is 0.0158. The van der Waals surface area contributed by atoms with Gasteiger partial charge in [-0.1, -0.05) is 222 Å². The first-order valence-corrected chi connectivity index (χ1v) is 32.2. The number of fused-ring (bicyclic) bond motifs is 8. The van der Waals surface area contributed by atoms with E-state index in [1.807, 2.05) is 0 Å². The number of nitrogens with zero attached hydrogens (tertiary/aromatic N) is 2. The summed E-state index contributed by atoms with van der Waals surface area (Å²) in [5.74, 6) is 0. The average molecular weight is 1090 g/mol. The molecule has 0 atom stereocenters. The molecule has 82 heavy (non-hydrogen) atoms. The summed E-state index contributed by atoms with van der Waals surface area (Å²) in [5.41, 5.74) is 22.7. The summed E-state index contributed by atoms with van der Waals surface area (Å²) >= 11 is 0. The van der Waals surface area contributed by atoms with Crippen LogP contribution in [0.5, 0.6) is 0 Å². The van der Waals surface area contributed by atoms with Crippen LogP contribution >= 0.6 is 0 Å². The van der Waals surface area contributed by atoms with Gasteiger partial charge in [-0.2, -0.15) is 0 Å². The Morgan fingerprint density at radius 2 is 0.854 bits per heavy atom. The van der Waals surface area contributed by atoms with Crippen molar-refractivity contribution in [2.24, 2.45) is 0 Å². The minimum Gasteiger partial charge on any atom is -0.468 e. The van der Waals surface area contributed by atoms with Crippen molar-refractivity contribution in [1.82, 2.24) is 0 Å². The highest BCUT2D eigenvalue weighted by Gasteiger charge is 2.50. The number of anilines is 6. The van der Waals surface area contributed by atoms with Crippen LogP contribution in [0.2, 0.25) is 0 Å². The lowest BCUT2D eigenvalue weighted by molar-refractivity contribution is 0.332. The second-order valence-electron chi connectivity index (χ2n) is 28.3. The van der Waals surface area contributed by atoms with Crippen molar-refractivity contribution in [2.75, 3.05) is 9.80 Å². The molecule has 0 amide bonds. The molecule has 0 fully saturated rings. The zero-order chi connectivity index (χ0) is 56.9. The van der Waals surface area contributed by atoms with Gasteiger partial charge in [0.05, 0.1) is 11.3 Å². The zero-order valence-electron chi connectivity index (χ0n) is 50.3. The molecule has 2 aliphatic heterocycles. The van der Waals surface area contributed by atoms with E-state index in [0.29, 0.717) is 0 Å². The maximum absolute atomic E-state index is 7.71. The number of benzene rings is 9. The number of aryl methyl sites for hydroxylation is 1. The second kappa shape index (κ2) is 18.5. The van der Waals surface area contributed by atoms with Crippen LogP contribution in [0.1, 0.15) is 135 Å². The standard InChI is InChI=1S/C77H77BN2OSi/c1-50-44-67-70-68(45-50)80(55-34-28-51(29-35-55)52-30-38-59(39-31-52)82(56-22-16-13-17-23-56,57-24-18-14-19-25-57)58-26-20-15-21-27-58)71-60-46-61-64(77(11,12)43-40-74(61,5)6)49-69(60)81-72(71)78(70)65-47-62-63(76(9,10)42-41-75(62,7)8)48-66(65)79(67)54-36-32-53(33-37-54)73(2,3)4/h13-39,44-49H,40-43H2,1-12H3. The van der Waals surface area contributed by atoms with E-state index in [1.54, 1.807) is 0 Å². The molecule has 1 aromatic heterocycles. The molecule has 0 radical (unpaired) electrons. The Kier molecular flexibility index (Phi) is 11.8. The van der Waals surface area contributed by atoms with Gasteiger partial charge < -0.3 is 14.2 Å². The average Bonchev–Trinajstić information content (AvgIpc) is 1.45. The first kappa shape index (κ1) is 52.5. The molecule has 408 valence electrons. The van der Waals surface area contributed by atoms with Crippen LogP contribution < -0.4 is 47.1 Å². The van der Waals surface area contributed by atoms with Crippen LogP contribution in [0, 0.1) is 6.92 Å². The van der Waals surface area contributed by atoms with Crippen LogP contribution in [0.25, 0.3) is 22.1 Å². The molecule has 0 saturated carbocycles. The molecule has 0 saturated heterocycles. The van der Waals surface area contributed by atoms with Gasteiger partial charge in [-0.25, -0.2) is 0 Å². The highest BCUT2D eigenvalue weighted by Crippen LogP contribution is 2.54. The van der Waals surface area contributed by atoms with Gasteiger partial charge in [0.1, 0.15) is 5.58 Å². The molecule has 0 bridgehead atoms. The molecule has 10 aromatic rings. The molecule has 9 aromatic carbocycles. The molecular weight excluding hydrogens is 1010 g/mol. The Bertz CT molecular complexity index is 4030. The summed E-state index contributed by atoms with van der Waals surface area (Å²) in [5, 5.41) is 6.69. The molecule has 3 heterocycles. The Balaban J connectivity index is 0.978. The van der Waals surface area contributed by atoms with Crippen LogP contribution in [0.15, 0.2) is 205 Å². The summed E-state index contributed by atoms with van der Waals surface area (Å²) in [6.45, 7) is 28.7. The second-order valence-corrected chi connectivity index (χ2v) is 32.1. The maximum atomic E-state index is 7.71. The van der Waals surface area contributed by atoms with Gasteiger partial charge >= 0.3 is 0 Å². The third-order valence-electron chi connectivity index (χ3n) is 20.1. The van der Waals surface area contributed by atoms with Crippen LogP contribution in [-0.2, 0) is 27.1 Å². The van der Waals surface area contributed by atoms with Gasteiger partial charge in [0.2, 0.25) is 0 Å². The van der Waals surface area contributed by atoms with E-state index in [1.165, 1.54) is 110 Å². The van der Waals surface area contributed by atoms with E-state index in [4.69, 9.17) is 4.42 Å². The molecular formula is C77H77BN2OSi. The monoisotopic (exact) mass is 1080 g/mol. The van der Waals surface area contributed by atoms with E-state index < -0.39 is 8.07 Å². The smallest absolute Gasteiger partial charge is 0.297 e. The predicted octanol–water partition coefficient (Wildman–Crippen LogP) is 15.9. The van der Waals surface area contributed by atoms with Crippen molar-refractivity contribution in [1.29, 1.82) is 0 Å². The van der Waals surface area contributed by atoms with E-state index >= 15 is 0 Å². The fourth-order valence-electron chi connectivity index (χ4n) is 15.2. The predicted molar refractivity (Wildman–Crippen MR) is 353 cm³/mol. The third kappa shape index (κ3) is 8.03. The summed E-state index contributed by atoms with van der Waals surface area (Å²) in [6, 6.07) is 77.2. The van der Waals surface area contributed by atoms with E-state index in [2.05, 4.69) is 293 Å². The fourth-order valence-corrected chi connectivity index (χ4v) is 19.9. The lowest BCUT2D eigenvalue weighted by Gasteiger charge is -2.46. The Morgan fingerprint density at radius 1 is 0.439 bits per heavy atom. The lowest BCUT2D eigenvalue weighted by Crippen LogP contribution is -2.74. The number of rotatable bonds is 7. The van der Waals surface area contributed by atoms with Crippen molar-refractivity contribution in [2.45, 2.75) is 136 Å². The van der Waals surface area contributed by atoms with E-state index in [0.717, 1.165) is 42.6 Å². The van der Waals surface area contributed by atoms with Gasteiger partial charge in [0.25, 0.3) is 6.71 Å². The Labute approximate surface area is 489 Å². The van der Waals surface area contributed by atoms with Gasteiger partial charge in [0.15, 0.2) is 8.07 Å². The zero-order valence-corrected chi connectivity index (χ0v) is 51.3. The minimum atomic E-state index is -2.68. The molecule has 5 heteroatoms. The molecule has 4 aliphatic rings. The van der Waals surface area contributed by atoms with Gasteiger partial charge in [-0.05, 0) is 190 Å². The number of hydrogen-bond acceptors (Lipinski definition) is 3. The summed E-state index contributed by atoms with van der Waals surface area (Å²) in [6.07, 6.45) is 4.58. The SMILES string of the molecule is Cc1cc2c3c(c1)N(c1ccc(-c4ccc([Si](c5ccccc5)(c5ccccc5)c5ccccc5)cc4)cc1)c1c(oc4cc5c(cc14)C(C)(C)CCC5(C)C)B3c1cc3c(cc1N2c1ccc(C(C)(C)C)cc1)C(C)(C)CCC3(C)C. The third-order valence-corrected chi connectivity index (χ3v) is 24.9. The molecule has 3 nitrogen and oxygen atoms in total. The van der Waals surface area contributed by atoms with E-state index in [-0.39, 0.29) is 33.8 Å². The summed E-state index contributed by atoms with van der Waals surface area (Å²) in [4.78, 5) is 5.19. The molecule has 14 rings (SSSR count). The molecule has 0 N–H and O–H groups in total. The normalized spacial score (nSPS) is 17.1. The summed E-state index contributed by atoms with van der Waals surface area (Å²) in [7, 11) is -2.68. The quantitative estimate of drug-likeness (QED) is 0.117. The molecule has 2 aliphatic carbocycles. The van der Waals surface area contributed by atoms with Gasteiger partial charge in [-0.3, -0.25) is 0 Å². The fraction of sp³-hybridized carbons (Fsp3) is 0.273. The highest BCUT2D eigenvalue weighted by atomic mass is 28.3. The van der Waals surface area contributed by atoms with Crippen LogP contribution in [-0.4, -0.2) is 14.8 Å². The first-order chi connectivity index (χ1) is 39.2. The highest BCUT2D eigenvalue weighted by molar-refractivity contribution is 7.19. The van der Waals surface area contributed by atoms with Gasteiger partial charge in [0, 0.05) is 33.8 Å². The van der Waals surface area contributed by atoms with Crippen LogP contribution in [0.4, 0.5) is 34.1 Å². The molecule has 0 unspecified atom stereocenters. The summed E-state index contributed by atoms with van der Waals surface area (Å²) < 4.78 is 7.71. The largest absolute Gasteiger partial charge is 0.468 e. The van der Waals surface area contributed by atoms with Crippen molar-refractivity contribution >= 4 is 97.2 Å². The maximum Gasteiger partial charge on any atom is 0.297 e. The van der Waals surface area contributed by atoms with Crippen molar-refractivity contribution in [3.63, 3.8) is 0 Å². The lowest BCUT2D eigenvalue weighted by atomic mass is 9.35. The Morgan fingerprint density at radius 3 is 1.35 bits per heavy atom. The number of furan rings is 1. The first-order valence-electron chi connectivity index (χ1n) is 30.2. The van der Waals surface area contributed by atoms with Gasteiger partial charge in [-0.15, -0.1) is 0 Å². The topological polar surface area (TPSA) is 19.6 Å². The van der Waals surface area contributed by atoms with Crippen molar-refractivity contribution < 1.29 is 4.42 Å². The number of hydrogen-bond donors (Lipinski definition) is 0. The Hall–Kier alpha value is -7.60. The van der Waals surface area contributed by atoms with E-state index in [9.17, 15) is 0 Å². The van der Waals surface area contributed by atoms with Crippen LogP contribution in [0.3, 0.4) is 0 Å². The van der Waals surface area contributed by atoms with Crippen molar-refractivity contribution in [3.05, 3.63) is 234 Å². The molecule has 0 spiro atoms. The van der Waals surface area contributed by atoms with Crippen molar-refractivity contribution in [3.8, 4) is 11.1 Å².